The lowest BCUT2D eigenvalue weighted by Crippen LogP contribution is -2.25. The highest BCUT2D eigenvalue weighted by Crippen LogP contribution is 2.22. The molecule has 0 saturated carbocycles. The quantitative estimate of drug-likeness (QED) is 0.811. The highest BCUT2D eigenvalue weighted by Gasteiger charge is 2.18. The summed E-state index contributed by atoms with van der Waals surface area (Å²) in [6.07, 6.45) is 3.75. The Morgan fingerprint density at radius 3 is 2.83 bits per heavy atom. The van der Waals surface area contributed by atoms with Gasteiger partial charge in [-0.3, -0.25) is 0 Å². The van der Waals surface area contributed by atoms with Crippen LogP contribution in [0.1, 0.15) is 30.5 Å². The van der Waals surface area contributed by atoms with Gasteiger partial charge in [0.2, 0.25) is 0 Å². The molecule has 2 aromatic rings. The number of ether oxygens (including phenoxy) is 2. The summed E-state index contributed by atoms with van der Waals surface area (Å²) >= 11 is 0. The molecule has 1 aliphatic heterocycles. The molecule has 24 heavy (non-hydrogen) atoms. The van der Waals surface area contributed by atoms with Gasteiger partial charge >= 0.3 is 0 Å². The van der Waals surface area contributed by atoms with Gasteiger partial charge in [-0.05, 0) is 38.3 Å². The van der Waals surface area contributed by atoms with E-state index in [0.717, 1.165) is 48.5 Å². The van der Waals surface area contributed by atoms with Crippen LogP contribution in [0.4, 0.5) is 0 Å². The number of nitrogens with zero attached hydrogens (tertiary/aromatic N) is 3. The zero-order chi connectivity index (χ0) is 16.8. The van der Waals surface area contributed by atoms with Crippen LogP contribution in [-0.2, 0) is 16.0 Å². The Hall–Kier alpha value is -2.16. The smallest absolute Gasteiger partial charge is 0.115 e. The van der Waals surface area contributed by atoms with Crippen molar-refractivity contribution in [2.24, 2.45) is 0 Å². The van der Waals surface area contributed by atoms with Crippen LogP contribution in [0.15, 0.2) is 24.3 Å². The van der Waals surface area contributed by atoms with E-state index in [9.17, 15) is 0 Å². The first-order valence-corrected chi connectivity index (χ1v) is 8.38. The van der Waals surface area contributed by atoms with Gasteiger partial charge in [-0.2, -0.15) is 0 Å². The van der Waals surface area contributed by atoms with Crippen LogP contribution in [0, 0.1) is 18.8 Å². The lowest BCUT2D eigenvalue weighted by Gasteiger charge is -2.22. The molecule has 2 heterocycles. The summed E-state index contributed by atoms with van der Waals surface area (Å²) < 4.78 is 12.7. The molecular weight excluding hydrogens is 302 g/mol. The molecular formula is C19H23N3O2. The molecule has 1 atom stereocenters. The largest absolute Gasteiger partial charge is 0.376 e. The fourth-order valence-corrected chi connectivity index (χ4v) is 2.87. The highest BCUT2D eigenvalue weighted by molar-refractivity contribution is 5.62. The van der Waals surface area contributed by atoms with Crippen molar-refractivity contribution in [1.82, 2.24) is 15.0 Å². The molecule has 0 unspecified atom stereocenters. The Morgan fingerprint density at radius 1 is 1.29 bits per heavy atom. The molecule has 126 valence electrons. The average molecular weight is 325 g/mol. The molecule has 5 heteroatoms. The Kier molecular flexibility index (Phi) is 5.63. The number of hydrogen-bond acceptors (Lipinski definition) is 4. The summed E-state index contributed by atoms with van der Waals surface area (Å²) in [5, 5.41) is 8.67. The van der Waals surface area contributed by atoms with E-state index < -0.39 is 0 Å². The summed E-state index contributed by atoms with van der Waals surface area (Å²) in [5.74, 6) is 6.02. The molecule has 0 bridgehead atoms. The molecule has 5 nitrogen and oxygen atoms in total. The summed E-state index contributed by atoms with van der Waals surface area (Å²) in [7, 11) is 1.64. The van der Waals surface area contributed by atoms with Crippen LogP contribution in [-0.4, -0.2) is 41.4 Å². The fraction of sp³-hybridized carbons (Fsp3) is 0.474. The van der Waals surface area contributed by atoms with Crippen molar-refractivity contribution in [3.63, 3.8) is 0 Å². The van der Waals surface area contributed by atoms with Gasteiger partial charge in [0.25, 0.3) is 0 Å². The summed E-state index contributed by atoms with van der Waals surface area (Å²) in [5.41, 5.74) is 4.02. The van der Waals surface area contributed by atoms with E-state index in [1.54, 1.807) is 7.11 Å². The standard InChI is InChI=1S/C19H23N3O2/c1-15-19(17-10-8-16(9-11-17)6-5-12-23-2)20-21-22(15)14-18-7-3-4-13-24-18/h8-11,18H,3-4,7,12-14H2,1-2H3/t18-/m1/s1. The van der Waals surface area contributed by atoms with Crippen LogP contribution in [0.5, 0.6) is 0 Å². The zero-order valence-electron chi connectivity index (χ0n) is 14.3. The van der Waals surface area contributed by atoms with Gasteiger partial charge in [-0.15, -0.1) is 5.10 Å². The molecule has 0 N–H and O–H groups in total. The maximum atomic E-state index is 5.80. The second-order valence-corrected chi connectivity index (χ2v) is 6.01. The molecule has 1 aromatic heterocycles. The van der Waals surface area contributed by atoms with Crippen molar-refractivity contribution in [1.29, 1.82) is 0 Å². The van der Waals surface area contributed by atoms with Gasteiger partial charge in [-0.1, -0.05) is 29.2 Å². The Bertz CT molecular complexity index is 719. The molecule has 0 spiro atoms. The Morgan fingerprint density at radius 2 is 2.12 bits per heavy atom. The Labute approximate surface area is 143 Å². The molecule has 0 radical (unpaired) electrons. The normalized spacial score (nSPS) is 17.3. The number of aromatic nitrogens is 3. The maximum absolute atomic E-state index is 5.80. The number of hydrogen-bond donors (Lipinski definition) is 0. The molecule has 1 aliphatic rings. The Balaban J connectivity index is 1.72. The van der Waals surface area contributed by atoms with Crippen LogP contribution in [0.25, 0.3) is 11.3 Å². The highest BCUT2D eigenvalue weighted by atomic mass is 16.5. The second-order valence-electron chi connectivity index (χ2n) is 6.01. The fourth-order valence-electron chi connectivity index (χ4n) is 2.87. The third-order valence-corrected chi connectivity index (χ3v) is 4.24. The van der Waals surface area contributed by atoms with E-state index in [1.165, 1.54) is 6.42 Å². The van der Waals surface area contributed by atoms with Crippen molar-refractivity contribution >= 4 is 0 Å². The van der Waals surface area contributed by atoms with Crippen LogP contribution >= 0.6 is 0 Å². The molecule has 1 saturated heterocycles. The van der Waals surface area contributed by atoms with Crippen molar-refractivity contribution in [2.45, 2.75) is 38.8 Å². The van der Waals surface area contributed by atoms with E-state index in [1.807, 2.05) is 28.9 Å². The lowest BCUT2D eigenvalue weighted by atomic mass is 10.1. The van der Waals surface area contributed by atoms with Crippen molar-refractivity contribution in [2.75, 3.05) is 20.3 Å². The van der Waals surface area contributed by atoms with Crippen LogP contribution < -0.4 is 0 Å². The number of benzene rings is 1. The number of rotatable bonds is 4. The first kappa shape index (κ1) is 16.7. The topological polar surface area (TPSA) is 49.2 Å². The second kappa shape index (κ2) is 8.09. The van der Waals surface area contributed by atoms with Crippen molar-refractivity contribution < 1.29 is 9.47 Å². The van der Waals surface area contributed by atoms with E-state index in [0.29, 0.717) is 6.61 Å². The van der Waals surface area contributed by atoms with E-state index in [-0.39, 0.29) is 6.10 Å². The average Bonchev–Trinajstić information content (AvgIpc) is 2.97. The van der Waals surface area contributed by atoms with Gasteiger partial charge in [0, 0.05) is 24.8 Å². The van der Waals surface area contributed by atoms with Gasteiger partial charge in [0.15, 0.2) is 0 Å². The van der Waals surface area contributed by atoms with Crippen molar-refractivity contribution in [3.8, 4) is 23.1 Å². The van der Waals surface area contributed by atoms with E-state index >= 15 is 0 Å². The molecule has 1 fully saturated rings. The van der Waals surface area contributed by atoms with Gasteiger partial charge in [-0.25, -0.2) is 4.68 Å². The minimum Gasteiger partial charge on any atom is -0.376 e. The first-order valence-electron chi connectivity index (χ1n) is 8.38. The summed E-state index contributed by atoms with van der Waals surface area (Å²) in [4.78, 5) is 0. The van der Waals surface area contributed by atoms with E-state index in [2.05, 4.69) is 29.1 Å². The first-order chi connectivity index (χ1) is 11.8. The van der Waals surface area contributed by atoms with Gasteiger partial charge < -0.3 is 9.47 Å². The maximum Gasteiger partial charge on any atom is 0.115 e. The predicted molar refractivity (Wildman–Crippen MR) is 92.5 cm³/mol. The van der Waals surface area contributed by atoms with Gasteiger partial charge in [0.05, 0.1) is 18.3 Å². The zero-order valence-corrected chi connectivity index (χ0v) is 14.3. The third-order valence-electron chi connectivity index (χ3n) is 4.24. The lowest BCUT2D eigenvalue weighted by molar-refractivity contribution is 0.00337. The van der Waals surface area contributed by atoms with Crippen molar-refractivity contribution in [3.05, 3.63) is 35.5 Å². The summed E-state index contributed by atoms with van der Waals surface area (Å²) in [6.45, 7) is 4.14. The molecule has 0 aliphatic carbocycles. The molecule has 1 aromatic carbocycles. The molecule has 3 rings (SSSR count). The minimum absolute atomic E-state index is 0.255. The summed E-state index contributed by atoms with van der Waals surface area (Å²) in [6, 6.07) is 8.08. The number of methoxy groups -OCH3 is 1. The third kappa shape index (κ3) is 4.02. The SMILES string of the molecule is COCC#Cc1ccc(-c2nnn(C[C@H]3CCCCO3)c2C)cc1. The monoisotopic (exact) mass is 325 g/mol. The van der Waals surface area contributed by atoms with Crippen LogP contribution in [0.2, 0.25) is 0 Å². The van der Waals surface area contributed by atoms with E-state index in [4.69, 9.17) is 9.47 Å². The van der Waals surface area contributed by atoms with Gasteiger partial charge in [0.1, 0.15) is 12.3 Å². The molecule has 0 amide bonds. The minimum atomic E-state index is 0.255. The van der Waals surface area contributed by atoms with Crippen LogP contribution in [0.3, 0.4) is 0 Å². The predicted octanol–water partition coefficient (Wildman–Crippen LogP) is 2.82.